The Kier molecular flexibility index (Phi) is 6.08. The third-order valence-corrected chi connectivity index (χ3v) is 6.44. The molecule has 180 valence electrons. The molecule has 1 aliphatic heterocycles. The third-order valence-electron chi connectivity index (χ3n) is 6.44. The number of halogens is 1. The van der Waals surface area contributed by atoms with Crippen molar-refractivity contribution in [1.29, 1.82) is 0 Å². The highest BCUT2D eigenvalue weighted by atomic mass is 19.1. The number of amides is 1. The quantitative estimate of drug-likeness (QED) is 0.441. The van der Waals surface area contributed by atoms with Crippen LogP contribution in [-0.4, -0.2) is 57.6 Å². The smallest absolute Gasteiger partial charge is 0.250 e. The first-order valence-corrected chi connectivity index (χ1v) is 11.7. The van der Waals surface area contributed by atoms with Gasteiger partial charge < -0.3 is 16.0 Å². The number of piperazine rings is 1. The lowest BCUT2D eigenvalue weighted by molar-refractivity contribution is 0.100. The summed E-state index contributed by atoms with van der Waals surface area (Å²) in [4.78, 5) is 25.3. The van der Waals surface area contributed by atoms with Crippen LogP contribution in [-0.2, 0) is 0 Å². The molecular weight excluding hydrogens is 445 g/mol. The van der Waals surface area contributed by atoms with Crippen molar-refractivity contribution < 1.29 is 9.18 Å². The molecular formula is C26H28FN7O. The van der Waals surface area contributed by atoms with Crippen LogP contribution in [0.1, 0.15) is 24.2 Å². The van der Waals surface area contributed by atoms with Crippen LogP contribution >= 0.6 is 0 Å². The predicted octanol–water partition coefficient (Wildman–Crippen LogP) is 3.93. The SMILES string of the molecule is CC(C)N1CCN(c2cccc(Nc3ncc(F)c(-n4cc(C(N)=O)c5ccccc54)n3)c2)CC1. The van der Waals surface area contributed by atoms with Gasteiger partial charge in [0.15, 0.2) is 11.6 Å². The van der Waals surface area contributed by atoms with Crippen molar-refractivity contribution in [2.24, 2.45) is 5.73 Å². The van der Waals surface area contributed by atoms with E-state index in [1.165, 1.54) is 10.8 Å². The Balaban J connectivity index is 1.42. The number of nitrogens with two attached hydrogens (primary N) is 1. The highest BCUT2D eigenvalue weighted by Gasteiger charge is 2.20. The van der Waals surface area contributed by atoms with Crippen LogP contribution < -0.4 is 16.0 Å². The van der Waals surface area contributed by atoms with Gasteiger partial charge in [0.05, 0.1) is 17.3 Å². The summed E-state index contributed by atoms with van der Waals surface area (Å²) >= 11 is 0. The summed E-state index contributed by atoms with van der Waals surface area (Å²) in [5.41, 5.74) is 8.40. The summed E-state index contributed by atoms with van der Waals surface area (Å²) < 4.78 is 16.4. The molecule has 0 aliphatic carbocycles. The Morgan fingerprint density at radius 1 is 1.09 bits per heavy atom. The van der Waals surface area contributed by atoms with Crippen LogP contribution in [0.4, 0.5) is 21.7 Å². The van der Waals surface area contributed by atoms with E-state index in [9.17, 15) is 9.18 Å². The molecule has 2 aromatic carbocycles. The number of anilines is 3. The van der Waals surface area contributed by atoms with Gasteiger partial charge in [0.1, 0.15) is 0 Å². The second kappa shape index (κ2) is 9.34. The second-order valence-corrected chi connectivity index (χ2v) is 8.95. The molecule has 4 aromatic rings. The zero-order valence-corrected chi connectivity index (χ0v) is 19.8. The first-order valence-electron chi connectivity index (χ1n) is 11.7. The van der Waals surface area contributed by atoms with Crippen LogP contribution in [0.15, 0.2) is 60.9 Å². The largest absolute Gasteiger partial charge is 0.369 e. The maximum Gasteiger partial charge on any atom is 0.250 e. The number of carbonyl (C=O) groups is 1. The molecule has 1 fully saturated rings. The van der Waals surface area contributed by atoms with E-state index in [-0.39, 0.29) is 11.8 Å². The summed E-state index contributed by atoms with van der Waals surface area (Å²) in [6, 6.07) is 15.8. The summed E-state index contributed by atoms with van der Waals surface area (Å²) in [6.07, 6.45) is 2.64. The van der Waals surface area contributed by atoms with Crippen molar-refractivity contribution in [2.75, 3.05) is 36.4 Å². The number of nitrogens with zero attached hydrogens (tertiary/aromatic N) is 5. The van der Waals surface area contributed by atoms with Crippen molar-refractivity contribution >= 4 is 34.1 Å². The summed E-state index contributed by atoms with van der Waals surface area (Å²) in [7, 11) is 0. The van der Waals surface area contributed by atoms with Gasteiger partial charge >= 0.3 is 0 Å². The van der Waals surface area contributed by atoms with Gasteiger partial charge in [-0.15, -0.1) is 0 Å². The molecule has 0 saturated carbocycles. The van der Waals surface area contributed by atoms with Crippen LogP contribution in [0.5, 0.6) is 0 Å². The van der Waals surface area contributed by atoms with Gasteiger partial charge in [-0.3, -0.25) is 14.3 Å². The molecule has 3 N–H and O–H groups in total. The number of carbonyl (C=O) groups excluding carboxylic acids is 1. The van der Waals surface area contributed by atoms with Crippen LogP contribution in [0, 0.1) is 5.82 Å². The minimum absolute atomic E-state index is 0.0344. The molecule has 3 heterocycles. The number of hydrogen-bond donors (Lipinski definition) is 2. The van der Waals surface area contributed by atoms with Crippen molar-refractivity contribution in [2.45, 2.75) is 19.9 Å². The van der Waals surface area contributed by atoms with Gasteiger partial charge in [0.2, 0.25) is 5.95 Å². The number of rotatable bonds is 6. The first-order chi connectivity index (χ1) is 16.9. The highest BCUT2D eigenvalue weighted by molar-refractivity contribution is 6.06. The van der Waals surface area contributed by atoms with E-state index in [0.29, 0.717) is 22.5 Å². The topological polar surface area (TPSA) is 92.3 Å². The number of benzene rings is 2. The minimum Gasteiger partial charge on any atom is -0.369 e. The van der Waals surface area contributed by atoms with Crippen LogP contribution in [0.2, 0.25) is 0 Å². The Bertz CT molecular complexity index is 1380. The van der Waals surface area contributed by atoms with Crippen molar-refractivity contribution in [3.63, 3.8) is 0 Å². The summed E-state index contributed by atoms with van der Waals surface area (Å²) in [6.45, 7) is 8.42. The Hall–Kier alpha value is -3.98. The Labute approximate surface area is 203 Å². The Morgan fingerprint density at radius 2 is 1.86 bits per heavy atom. The molecule has 0 spiro atoms. The number of fused-ring (bicyclic) bond motifs is 1. The van der Waals surface area contributed by atoms with E-state index < -0.39 is 11.7 Å². The predicted molar refractivity (Wildman–Crippen MR) is 136 cm³/mol. The van der Waals surface area contributed by atoms with Crippen molar-refractivity contribution in [3.05, 3.63) is 72.3 Å². The molecule has 0 atom stereocenters. The molecule has 5 rings (SSSR count). The lowest BCUT2D eigenvalue weighted by Gasteiger charge is -2.38. The monoisotopic (exact) mass is 473 g/mol. The van der Waals surface area contributed by atoms with Gasteiger partial charge in [-0.2, -0.15) is 4.98 Å². The molecule has 9 heteroatoms. The first kappa shape index (κ1) is 22.8. The second-order valence-electron chi connectivity index (χ2n) is 8.95. The third kappa shape index (κ3) is 4.54. The van der Waals surface area contributed by atoms with Gasteiger partial charge in [-0.1, -0.05) is 24.3 Å². The highest BCUT2D eigenvalue weighted by Crippen LogP contribution is 2.27. The average Bonchev–Trinajstić information content (AvgIpc) is 3.25. The molecule has 2 aromatic heterocycles. The van der Waals surface area contributed by atoms with Crippen LogP contribution in [0.25, 0.3) is 16.7 Å². The van der Waals surface area contributed by atoms with E-state index in [1.807, 2.05) is 24.3 Å². The Morgan fingerprint density at radius 3 is 2.60 bits per heavy atom. The van der Waals surface area contributed by atoms with Gasteiger partial charge in [-0.05, 0) is 38.1 Å². The number of hydrogen-bond acceptors (Lipinski definition) is 6. The standard InChI is InChI=1S/C26H28FN7O/c1-17(2)32-10-12-33(13-11-32)19-7-5-6-18(14-19)30-26-29-15-22(27)25(31-26)34-16-21(24(28)35)20-8-3-4-9-23(20)34/h3-9,14-17H,10-13H2,1-2H3,(H2,28,35)(H,29,30,31). The van der Waals surface area contributed by atoms with Crippen LogP contribution in [0.3, 0.4) is 0 Å². The van der Waals surface area contributed by atoms with E-state index in [4.69, 9.17) is 5.73 Å². The van der Waals surface area contributed by atoms with Gasteiger partial charge in [0, 0.05) is 55.2 Å². The maximum absolute atomic E-state index is 14.8. The van der Waals surface area contributed by atoms with Gasteiger partial charge in [-0.25, -0.2) is 9.37 Å². The zero-order valence-electron chi connectivity index (χ0n) is 19.8. The van der Waals surface area contributed by atoms with Crippen molar-refractivity contribution in [1.82, 2.24) is 19.4 Å². The van der Waals surface area contributed by atoms with E-state index in [0.717, 1.165) is 43.8 Å². The number of aromatic nitrogens is 3. The molecule has 1 saturated heterocycles. The lowest BCUT2D eigenvalue weighted by Crippen LogP contribution is -2.48. The summed E-state index contributed by atoms with van der Waals surface area (Å²) in [5, 5.41) is 3.83. The molecule has 1 aliphatic rings. The van der Waals surface area contributed by atoms with E-state index in [2.05, 4.69) is 45.0 Å². The lowest BCUT2D eigenvalue weighted by atomic mass is 10.2. The van der Waals surface area contributed by atoms with E-state index >= 15 is 0 Å². The number of primary amides is 1. The molecule has 1 amide bonds. The minimum atomic E-state index is -0.607. The fourth-order valence-electron chi connectivity index (χ4n) is 4.54. The molecule has 35 heavy (non-hydrogen) atoms. The summed E-state index contributed by atoms with van der Waals surface area (Å²) in [5.74, 6) is -0.906. The van der Waals surface area contributed by atoms with Gasteiger partial charge in [0.25, 0.3) is 5.91 Å². The normalized spacial score (nSPS) is 14.6. The molecule has 0 radical (unpaired) electrons. The van der Waals surface area contributed by atoms with E-state index in [1.54, 1.807) is 18.2 Å². The average molecular weight is 474 g/mol. The maximum atomic E-state index is 14.8. The number of para-hydroxylation sites is 1. The fraction of sp³-hybridized carbons (Fsp3) is 0.269. The fourth-order valence-corrected chi connectivity index (χ4v) is 4.54. The molecule has 8 nitrogen and oxygen atoms in total. The number of nitrogens with one attached hydrogen (secondary N) is 1. The van der Waals surface area contributed by atoms with Crippen molar-refractivity contribution in [3.8, 4) is 5.82 Å². The zero-order chi connectivity index (χ0) is 24.5. The molecule has 0 bridgehead atoms. The molecule has 0 unspecified atom stereocenters.